The molecule has 0 saturated carbocycles. The van der Waals surface area contributed by atoms with Crippen molar-refractivity contribution >= 4 is 28.3 Å². The lowest BCUT2D eigenvalue weighted by Crippen LogP contribution is -2.10. The molecule has 3 rings (SSSR count). The fraction of sp³-hybridized carbons (Fsp3) is 0.200. The van der Waals surface area contributed by atoms with Crippen molar-refractivity contribution in [2.24, 2.45) is 12.1 Å². The highest BCUT2D eigenvalue weighted by molar-refractivity contribution is 8.15. The average molecular weight is 395 g/mol. The summed E-state index contributed by atoms with van der Waals surface area (Å²) in [6, 6.07) is 15.3. The maximum absolute atomic E-state index is 12.1. The zero-order valence-corrected chi connectivity index (χ0v) is 16.9. The number of rotatable bonds is 6. The Balaban J connectivity index is 1.82. The molecule has 0 spiro atoms. The number of carbonyl (C=O) groups is 1. The number of hydrazone groups is 1. The maximum atomic E-state index is 12.1. The molecule has 0 amide bonds. The molecule has 0 aliphatic carbocycles. The predicted octanol–water partition coefficient (Wildman–Crippen LogP) is 3.91. The van der Waals surface area contributed by atoms with Crippen LogP contribution in [-0.2, 0) is 11.8 Å². The number of nitrogens with zero attached hydrogens (tertiary/aromatic N) is 4. The fourth-order valence-electron chi connectivity index (χ4n) is 2.46. The van der Waals surface area contributed by atoms with Crippen LogP contribution >= 0.6 is 11.8 Å². The highest BCUT2D eigenvalue weighted by atomic mass is 32.2. The first-order valence-electron chi connectivity index (χ1n) is 8.61. The predicted molar refractivity (Wildman–Crippen MR) is 112 cm³/mol. The standard InChI is InChI=1S/C20H21N5O2S/c1-13-7-5-6-8-17(13)21-23-19(14(2)26)28-20-24-22-18(25(20)3)15-9-11-16(27-4)12-10-15/h5-12,21H,1-4H3. The van der Waals surface area contributed by atoms with Crippen LogP contribution in [0.25, 0.3) is 11.4 Å². The third-order valence-electron chi connectivity index (χ3n) is 4.10. The van der Waals surface area contributed by atoms with E-state index in [4.69, 9.17) is 4.74 Å². The van der Waals surface area contributed by atoms with Gasteiger partial charge in [-0.15, -0.1) is 10.2 Å². The number of hydrogen-bond donors (Lipinski definition) is 1. The summed E-state index contributed by atoms with van der Waals surface area (Å²) in [5, 5.41) is 13.6. The van der Waals surface area contributed by atoms with Crippen LogP contribution < -0.4 is 10.2 Å². The first kappa shape index (κ1) is 19.6. The number of thioether (sulfide) groups is 1. The van der Waals surface area contributed by atoms with Crippen molar-refractivity contribution in [2.45, 2.75) is 19.0 Å². The van der Waals surface area contributed by atoms with Crippen LogP contribution in [0.1, 0.15) is 12.5 Å². The summed E-state index contributed by atoms with van der Waals surface area (Å²) in [6.45, 7) is 3.45. The number of ether oxygens (including phenoxy) is 1. The fourth-order valence-corrected chi connectivity index (χ4v) is 3.18. The van der Waals surface area contributed by atoms with E-state index in [-0.39, 0.29) is 5.78 Å². The van der Waals surface area contributed by atoms with E-state index in [9.17, 15) is 4.79 Å². The number of hydrogen-bond acceptors (Lipinski definition) is 7. The topological polar surface area (TPSA) is 81.4 Å². The molecule has 0 radical (unpaired) electrons. The monoisotopic (exact) mass is 395 g/mol. The molecule has 144 valence electrons. The average Bonchev–Trinajstić information content (AvgIpc) is 3.06. The van der Waals surface area contributed by atoms with Gasteiger partial charge in [0.05, 0.1) is 12.8 Å². The van der Waals surface area contributed by atoms with E-state index >= 15 is 0 Å². The molecule has 0 bridgehead atoms. The van der Waals surface area contributed by atoms with E-state index in [0.29, 0.717) is 16.0 Å². The van der Waals surface area contributed by atoms with Crippen LogP contribution in [-0.4, -0.2) is 32.7 Å². The molecule has 3 aromatic rings. The van der Waals surface area contributed by atoms with Gasteiger partial charge in [-0.3, -0.25) is 10.2 Å². The lowest BCUT2D eigenvalue weighted by Gasteiger charge is -2.07. The van der Waals surface area contributed by atoms with Crippen molar-refractivity contribution in [1.82, 2.24) is 14.8 Å². The molecule has 2 aromatic carbocycles. The Morgan fingerprint density at radius 1 is 1.14 bits per heavy atom. The SMILES string of the molecule is COc1ccc(-c2nnc(SC(=NNc3ccccc3C)C(C)=O)n2C)cc1. The molecule has 28 heavy (non-hydrogen) atoms. The minimum absolute atomic E-state index is 0.153. The molecule has 7 nitrogen and oxygen atoms in total. The van der Waals surface area contributed by atoms with Gasteiger partial charge in [-0.05, 0) is 54.6 Å². The van der Waals surface area contributed by atoms with E-state index in [0.717, 1.165) is 22.6 Å². The first-order valence-corrected chi connectivity index (χ1v) is 9.43. The van der Waals surface area contributed by atoms with Gasteiger partial charge in [0, 0.05) is 19.5 Å². The number of methoxy groups -OCH3 is 1. The van der Waals surface area contributed by atoms with Crippen molar-refractivity contribution < 1.29 is 9.53 Å². The molecule has 0 aliphatic rings. The van der Waals surface area contributed by atoms with Crippen LogP contribution in [0.5, 0.6) is 5.75 Å². The molecule has 1 aromatic heterocycles. The van der Waals surface area contributed by atoms with Crippen molar-refractivity contribution in [1.29, 1.82) is 0 Å². The molecule has 1 heterocycles. The third kappa shape index (κ3) is 4.40. The number of carbonyl (C=O) groups excluding carboxylic acids is 1. The van der Waals surface area contributed by atoms with Crippen LogP contribution in [0.4, 0.5) is 5.69 Å². The molecule has 0 atom stereocenters. The van der Waals surface area contributed by atoms with Gasteiger partial charge in [0.15, 0.2) is 21.8 Å². The van der Waals surface area contributed by atoms with Gasteiger partial charge >= 0.3 is 0 Å². The van der Waals surface area contributed by atoms with E-state index in [1.54, 1.807) is 7.11 Å². The molecule has 0 aliphatic heterocycles. The minimum atomic E-state index is -0.153. The third-order valence-corrected chi connectivity index (χ3v) is 5.21. The number of Topliss-reactive ketones (excluding diaryl/α,β-unsaturated/α-hetero) is 1. The smallest absolute Gasteiger partial charge is 0.197 e. The highest BCUT2D eigenvalue weighted by Crippen LogP contribution is 2.25. The molecule has 1 N–H and O–H groups in total. The Hall–Kier alpha value is -3.13. The van der Waals surface area contributed by atoms with Gasteiger partial charge in [0.1, 0.15) is 5.75 Å². The van der Waals surface area contributed by atoms with Crippen molar-refractivity contribution in [3.63, 3.8) is 0 Å². The summed E-state index contributed by atoms with van der Waals surface area (Å²) >= 11 is 1.17. The summed E-state index contributed by atoms with van der Waals surface area (Å²) in [5.74, 6) is 1.31. The second-order valence-electron chi connectivity index (χ2n) is 6.10. The van der Waals surface area contributed by atoms with Crippen LogP contribution in [0.2, 0.25) is 0 Å². The Kier molecular flexibility index (Phi) is 6.10. The zero-order chi connectivity index (χ0) is 20.1. The van der Waals surface area contributed by atoms with Crippen molar-refractivity contribution in [2.75, 3.05) is 12.5 Å². The number of aryl methyl sites for hydroxylation is 1. The Morgan fingerprint density at radius 2 is 1.86 bits per heavy atom. The summed E-state index contributed by atoms with van der Waals surface area (Å²) < 4.78 is 7.02. The van der Waals surface area contributed by atoms with Gasteiger partial charge in [-0.1, -0.05) is 18.2 Å². The lowest BCUT2D eigenvalue weighted by molar-refractivity contribution is -0.110. The number of anilines is 1. The molecular weight excluding hydrogens is 374 g/mol. The van der Waals surface area contributed by atoms with Gasteiger partial charge < -0.3 is 9.30 Å². The van der Waals surface area contributed by atoms with E-state index < -0.39 is 0 Å². The van der Waals surface area contributed by atoms with Crippen LogP contribution in [0.3, 0.4) is 0 Å². The van der Waals surface area contributed by atoms with Gasteiger partial charge in [-0.25, -0.2) is 0 Å². The Morgan fingerprint density at radius 3 is 2.50 bits per heavy atom. The van der Waals surface area contributed by atoms with Crippen LogP contribution in [0.15, 0.2) is 58.8 Å². The molecule has 8 heteroatoms. The zero-order valence-electron chi connectivity index (χ0n) is 16.1. The molecule has 0 saturated heterocycles. The minimum Gasteiger partial charge on any atom is -0.497 e. The molecule has 0 unspecified atom stereocenters. The second kappa shape index (κ2) is 8.71. The van der Waals surface area contributed by atoms with Gasteiger partial charge in [-0.2, -0.15) is 5.10 Å². The number of nitrogens with one attached hydrogen (secondary N) is 1. The normalized spacial score (nSPS) is 11.4. The largest absolute Gasteiger partial charge is 0.497 e. The summed E-state index contributed by atoms with van der Waals surface area (Å²) in [7, 11) is 3.48. The highest BCUT2D eigenvalue weighted by Gasteiger charge is 2.17. The number of ketones is 1. The summed E-state index contributed by atoms with van der Waals surface area (Å²) in [5.41, 5.74) is 5.75. The molecular formula is C20H21N5O2S. The van der Waals surface area contributed by atoms with Gasteiger partial charge in [0.25, 0.3) is 0 Å². The van der Waals surface area contributed by atoms with Crippen LogP contribution in [0, 0.1) is 6.92 Å². The first-order chi connectivity index (χ1) is 13.5. The van der Waals surface area contributed by atoms with E-state index in [1.165, 1.54) is 18.7 Å². The number of benzene rings is 2. The van der Waals surface area contributed by atoms with Gasteiger partial charge in [0.2, 0.25) is 0 Å². The Labute approximate surface area is 167 Å². The number of para-hydroxylation sites is 1. The maximum Gasteiger partial charge on any atom is 0.197 e. The van der Waals surface area contributed by atoms with E-state index in [1.807, 2.05) is 67.1 Å². The molecule has 0 fully saturated rings. The summed E-state index contributed by atoms with van der Waals surface area (Å²) in [4.78, 5) is 12.1. The Bertz CT molecular complexity index is 1010. The quantitative estimate of drug-likeness (QED) is 0.295. The second-order valence-corrected chi connectivity index (χ2v) is 7.05. The number of aromatic nitrogens is 3. The summed E-state index contributed by atoms with van der Waals surface area (Å²) in [6.07, 6.45) is 0. The van der Waals surface area contributed by atoms with E-state index in [2.05, 4.69) is 20.7 Å². The van der Waals surface area contributed by atoms with Crippen molar-refractivity contribution in [3.05, 3.63) is 54.1 Å². The lowest BCUT2D eigenvalue weighted by atomic mass is 10.2. The van der Waals surface area contributed by atoms with Crippen molar-refractivity contribution in [3.8, 4) is 17.1 Å².